The molecule has 0 unspecified atom stereocenters. The third-order valence-corrected chi connectivity index (χ3v) is 18.2. The molecule has 0 radical (unpaired) electrons. The fraction of sp³-hybridized carbons (Fsp3) is 0.264. The molecule has 4 N–H and O–H groups in total. The van der Waals surface area contributed by atoms with E-state index in [0.29, 0.717) is 159 Å². The Morgan fingerprint density at radius 3 is 1.26 bits per heavy atom. The lowest BCUT2D eigenvalue weighted by molar-refractivity contribution is 0.0930. The zero-order valence-electron chi connectivity index (χ0n) is 57.3. The van der Waals surface area contributed by atoms with Gasteiger partial charge in [0, 0.05) is 98.6 Å². The summed E-state index contributed by atoms with van der Waals surface area (Å²) in [6, 6.07) is 25.2. The number of hydrogen-bond donors (Lipinski definition) is 4. The van der Waals surface area contributed by atoms with Gasteiger partial charge in [0.25, 0.3) is 34.4 Å². The zero-order chi connectivity index (χ0) is 73.1. The summed E-state index contributed by atoms with van der Waals surface area (Å²) in [5, 5.41) is 44.5. The molecule has 3 atom stereocenters. The quantitative estimate of drug-likeness (QED) is 0.0616. The Balaban J connectivity index is 0.000000146. The van der Waals surface area contributed by atoms with Crippen molar-refractivity contribution in [1.29, 1.82) is 0 Å². The minimum absolute atomic E-state index is 0.233. The minimum Gasteiger partial charge on any atom is -0.344 e. The maximum Gasteiger partial charge on any atom is 0.260 e. The third-order valence-electron chi connectivity index (χ3n) is 17.2. The largest absolute Gasteiger partial charge is 0.344 e. The van der Waals surface area contributed by atoms with Gasteiger partial charge in [-0.3, -0.25) is 28.8 Å². The second kappa shape index (κ2) is 29.8. The maximum absolute atomic E-state index is 13.7. The van der Waals surface area contributed by atoms with Crippen molar-refractivity contribution in [1.82, 2.24) is 104 Å². The summed E-state index contributed by atoms with van der Waals surface area (Å²) in [6.07, 6.45) is 16.6. The van der Waals surface area contributed by atoms with E-state index in [0.717, 1.165) is 0 Å². The number of amides is 3. The monoisotopic (exact) mass is 1440 g/mol. The Labute approximate surface area is 601 Å². The topological polar surface area (TPSA) is 337 Å². The number of aromatic nitrogens is 18. The summed E-state index contributed by atoms with van der Waals surface area (Å²) in [5.74, 6) is 3.08. The van der Waals surface area contributed by atoms with Crippen molar-refractivity contribution in [3.63, 3.8) is 0 Å². The lowest BCUT2D eigenvalue weighted by Gasteiger charge is -2.21. The Morgan fingerprint density at radius 1 is 0.553 bits per heavy atom. The number of carbonyl (C=O) groups excluding carboxylic acids is 3. The smallest absolute Gasteiger partial charge is 0.260 e. The summed E-state index contributed by atoms with van der Waals surface area (Å²) >= 11 is 19.1. The van der Waals surface area contributed by atoms with Gasteiger partial charge in [0.2, 0.25) is 5.89 Å². The highest BCUT2D eigenvalue weighted by molar-refractivity contribution is 6.36. The fourth-order valence-corrected chi connectivity index (χ4v) is 13.0. The maximum atomic E-state index is 13.7. The number of pyridine rings is 3. The molecule has 524 valence electrons. The number of halogens is 3. The molecule has 28 nitrogen and oxygen atoms in total. The third kappa shape index (κ3) is 14.6. The van der Waals surface area contributed by atoms with Crippen molar-refractivity contribution < 1.29 is 18.9 Å². The Hall–Kier alpha value is -11.8. The van der Waals surface area contributed by atoms with Crippen molar-refractivity contribution >= 4 is 102 Å². The number of fused-ring (bicyclic) bond motifs is 6. The number of H-pyrrole nitrogens is 1. The molecule has 0 saturated carbocycles. The summed E-state index contributed by atoms with van der Waals surface area (Å²) in [7, 11) is 0. The van der Waals surface area contributed by atoms with Crippen LogP contribution in [0.2, 0.25) is 15.1 Å². The number of rotatable bonds is 17. The number of benzene rings is 3. The number of nitrogens with zero attached hydrogens (tertiary/aromatic N) is 17. The van der Waals surface area contributed by atoms with E-state index >= 15 is 0 Å². The van der Waals surface area contributed by atoms with Gasteiger partial charge >= 0.3 is 0 Å². The van der Waals surface area contributed by atoms with Crippen LogP contribution in [0.25, 0.3) is 49.3 Å². The van der Waals surface area contributed by atoms with Crippen LogP contribution >= 0.6 is 34.8 Å². The molecule has 0 aliphatic rings. The number of hydrogen-bond acceptors (Lipinski definition) is 18. The highest BCUT2D eigenvalue weighted by atomic mass is 35.5. The van der Waals surface area contributed by atoms with Gasteiger partial charge < -0.3 is 34.2 Å². The first-order valence-electron chi connectivity index (χ1n) is 32.7. The predicted octanol–water partition coefficient (Wildman–Crippen LogP) is 10.2. The van der Waals surface area contributed by atoms with E-state index in [-0.39, 0.29) is 52.9 Å². The first-order chi connectivity index (χ1) is 49.4. The molecule has 0 aliphatic heterocycles. The molecular weight excluding hydrogens is 1380 g/mol. The van der Waals surface area contributed by atoms with E-state index in [1.54, 1.807) is 140 Å². The second-order valence-corrected chi connectivity index (χ2v) is 26.6. The van der Waals surface area contributed by atoms with E-state index < -0.39 is 18.1 Å². The van der Waals surface area contributed by atoms with Gasteiger partial charge in [0.1, 0.15) is 16.7 Å². The summed E-state index contributed by atoms with van der Waals surface area (Å²) in [4.78, 5) is 97.4. The lowest BCUT2D eigenvalue weighted by atomic mass is 9.97. The number of tetrazole rings is 1. The average molecular weight is 1450 g/mol. The average Bonchev–Trinajstić information content (AvgIpc) is 1.54. The van der Waals surface area contributed by atoms with Crippen LogP contribution in [0.1, 0.15) is 149 Å². The van der Waals surface area contributed by atoms with E-state index in [9.17, 15) is 28.8 Å². The summed E-state index contributed by atoms with van der Waals surface area (Å²) in [6.45, 7) is 17.6. The van der Waals surface area contributed by atoms with Gasteiger partial charge in [-0.15, -0.1) is 22.5 Å². The van der Waals surface area contributed by atoms with Crippen LogP contribution < -0.4 is 32.6 Å². The van der Waals surface area contributed by atoms with Crippen LogP contribution in [0.15, 0.2) is 147 Å². The number of carbonyl (C=O) groups is 3. The molecule has 14 aromatic rings. The molecule has 14 rings (SSSR count). The van der Waals surface area contributed by atoms with Crippen LogP contribution in [-0.2, 0) is 37.9 Å². The highest BCUT2D eigenvalue weighted by Crippen LogP contribution is 2.29. The summed E-state index contributed by atoms with van der Waals surface area (Å²) < 4.78 is 14.9. The minimum atomic E-state index is -0.521. The molecule has 31 heteroatoms. The summed E-state index contributed by atoms with van der Waals surface area (Å²) in [5.41, 5.74) is 5.12. The molecule has 3 amide bonds. The van der Waals surface area contributed by atoms with E-state index in [1.807, 2.05) is 77.9 Å². The molecule has 11 heterocycles. The van der Waals surface area contributed by atoms with Gasteiger partial charge in [0.05, 0.1) is 66.4 Å². The predicted molar refractivity (Wildman–Crippen MR) is 389 cm³/mol. The van der Waals surface area contributed by atoms with Gasteiger partial charge in [-0.2, -0.15) is 25.5 Å². The van der Waals surface area contributed by atoms with Crippen molar-refractivity contribution in [2.24, 2.45) is 0 Å². The Bertz CT molecular complexity index is 5840. The van der Waals surface area contributed by atoms with Gasteiger partial charge in [-0.05, 0) is 112 Å². The van der Waals surface area contributed by atoms with E-state index in [2.05, 4.69) is 82.9 Å². The lowest BCUT2D eigenvalue weighted by Crippen LogP contribution is -2.33. The molecule has 0 spiro atoms. The molecule has 103 heavy (non-hydrogen) atoms. The molecule has 0 aliphatic carbocycles. The fourth-order valence-electron chi connectivity index (χ4n) is 12.3. The number of nitrogens with one attached hydrogen (secondary N) is 4. The zero-order valence-corrected chi connectivity index (χ0v) is 59.5. The molecule has 3 aromatic carbocycles. The van der Waals surface area contributed by atoms with Gasteiger partial charge in [-0.25, -0.2) is 28.5 Å². The first-order valence-corrected chi connectivity index (χ1v) is 33.8. The second-order valence-electron chi connectivity index (χ2n) is 25.4. The highest BCUT2D eigenvalue weighted by Gasteiger charge is 2.28. The van der Waals surface area contributed by atoms with Crippen molar-refractivity contribution in [2.45, 2.75) is 125 Å². The first kappa shape index (κ1) is 71.0. The van der Waals surface area contributed by atoms with Crippen LogP contribution in [-0.4, -0.2) is 106 Å². The number of terminal acetylenes is 1. The number of aryl methyl sites for hydroxylation is 5. The number of aromatic amines is 1. The molecule has 0 bridgehead atoms. The van der Waals surface area contributed by atoms with Crippen molar-refractivity contribution in [2.75, 3.05) is 0 Å². The van der Waals surface area contributed by atoms with Crippen molar-refractivity contribution in [3.05, 3.63) is 243 Å². The van der Waals surface area contributed by atoms with Gasteiger partial charge in [0.15, 0.2) is 28.6 Å². The SMILES string of the molecule is C#CCCn1c([C@H](C)NC(=O)c2c(C)nn3cccnc23)cc2cccc(Cl)c2c1=O.Cc1nn2cccnc2c1C(=O)N[C@@H](C)c1cc2cccc(Cl)c2c(=O)n1CCc1nn[nH]n1.Cc1nn2cccnc2c1C(=O)N[C@@H](C)c1cc2cccc(Cl)c2c(=O)n1CCc1noc(C(C)(C)C)n1. The van der Waals surface area contributed by atoms with Crippen LogP contribution in [0.5, 0.6) is 0 Å². The van der Waals surface area contributed by atoms with E-state index in [1.165, 1.54) is 0 Å². The molecule has 0 saturated heterocycles. The van der Waals surface area contributed by atoms with Gasteiger partial charge in [-0.1, -0.05) is 102 Å². The van der Waals surface area contributed by atoms with E-state index in [4.69, 9.17) is 45.7 Å². The van der Waals surface area contributed by atoms with Crippen molar-refractivity contribution in [3.8, 4) is 12.3 Å². The van der Waals surface area contributed by atoms with Crippen LogP contribution in [0, 0.1) is 33.1 Å². The standard InChI is InChI=1S/C27H28ClN7O3.C23H20ClN5O2.C22H20ClN9O2/c1-15(30-24(36)21-16(2)32-35-12-7-11-29-23(21)35)19-14-17-8-6-9-18(28)22(17)25(37)34(19)13-10-20-31-26(38-33-20)27(3,4)5;1-4-5-11-28-18(13-16-8-6-9-17(24)20(16)23(28)31)14(2)26-22(30)19-15(3)27-29-12-7-10-25-21(19)29;1-12(25-21(33)18-13(2)28-32-9-4-8-24-20(18)32)16-11-14-5-3-6-15(23)19(14)22(34)31(16)10-7-17-26-29-30-27-17/h6-9,11-12,14-15H,10,13H2,1-5H3,(H,30,36);1,6-10,12-14H,5,11H2,2-3H3,(H,26,30);3-6,8-9,11-12H,7,10H2,1-2H3,(H,25,33)(H,26,27,29,30)/t15-;14-;12-/m000/s1. The molecule has 0 fully saturated rings. The Kier molecular flexibility index (Phi) is 20.6. The molecular formula is C72H68Cl3N21O7. The molecule has 11 aromatic heterocycles. The van der Waals surface area contributed by atoms with Crippen LogP contribution in [0.4, 0.5) is 0 Å². The van der Waals surface area contributed by atoms with Crippen LogP contribution in [0.3, 0.4) is 0 Å². The Morgan fingerprint density at radius 2 is 0.922 bits per heavy atom. The normalized spacial score (nSPS) is 12.4.